The topological polar surface area (TPSA) is 81.2 Å². The molecule has 6 atom stereocenters. The summed E-state index contributed by atoms with van der Waals surface area (Å²) in [5, 5.41) is 9.20. The van der Waals surface area contributed by atoms with Gasteiger partial charge in [-0.25, -0.2) is 0 Å². The summed E-state index contributed by atoms with van der Waals surface area (Å²) in [4.78, 5) is 47.9. The molecule has 2 bridgehead atoms. The Morgan fingerprint density at radius 3 is 2.44 bits per heavy atom. The maximum Gasteiger partial charge on any atom is 0.251 e. The Kier molecular flexibility index (Phi) is 9.33. The molecule has 0 radical (unpaired) electrons. The zero-order valence-electron chi connectivity index (χ0n) is 23.1. The number of unbranched alkanes of at least 4 members (excludes halogenated alkanes) is 2. The number of aliphatic hydroxyl groups excluding tert-OH is 1. The van der Waals surface area contributed by atoms with E-state index < -0.39 is 22.6 Å². The first-order chi connectivity index (χ1) is 18.6. The largest absolute Gasteiger partial charge is 0.396 e. The number of carbonyl (C=O) groups excluding carboxylic acids is 3. The minimum atomic E-state index is -0.699. The zero-order chi connectivity index (χ0) is 28.5. The van der Waals surface area contributed by atoms with Crippen LogP contribution in [0.2, 0.25) is 0 Å². The number of likely N-dealkylation sites (N-methyl/N-ethyl adjacent to an activating group) is 1. The maximum atomic E-state index is 14.7. The number of likely N-dealkylation sites (tertiary alicyclic amines) is 1. The second-order valence-corrected chi connectivity index (χ2v) is 13.7. The Morgan fingerprint density at radius 2 is 1.82 bits per heavy atom. The van der Waals surface area contributed by atoms with Gasteiger partial charge >= 0.3 is 0 Å². The molecule has 3 amide bonds. The maximum absolute atomic E-state index is 14.7. The molecule has 3 saturated heterocycles. The van der Waals surface area contributed by atoms with E-state index in [0.717, 1.165) is 23.2 Å². The van der Waals surface area contributed by atoms with Crippen LogP contribution >= 0.6 is 27.7 Å². The van der Waals surface area contributed by atoms with Gasteiger partial charge in [0.25, 0.3) is 5.91 Å². The lowest BCUT2D eigenvalue weighted by molar-refractivity contribution is -0.143. The number of benzene rings is 1. The molecule has 3 fully saturated rings. The van der Waals surface area contributed by atoms with Crippen LogP contribution in [0.3, 0.4) is 0 Å². The van der Waals surface area contributed by atoms with Crippen molar-refractivity contribution >= 4 is 51.1 Å². The van der Waals surface area contributed by atoms with Crippen molar-refractivity contribution in [2.75, 3.05) is 38.2 Å². The number of para-hydroxylation sites is 1. The van der Waals surface area contributed by atoms with E-state index in [1.165, 1.54) is 0 Å². The third kappa shape index (κ3) is 5.10. The van der Waals surface area contributed by atoms with Crippen molar-refractivity contribution in [1.29, 1.82) is 0 Å². The fraction of sp³-hybridized carbons (Fsp3) is 0.567. The lowest BCUT2D eigenvalue weighted by atomic mass is 9.70. The number of aliphatic hydroxyl groups is 1. The van der Waals surface area contributed by atoms with Crippen LogP contribution in [0, 0.1) is 25.7 Å². The Balaban J connectivity index is 1.80. The third-order valence-corrected chi connectivity index (χ3v) is 11.7. The molecule has 39 heavy (non-hydrogen) atoms. The van der Waals surface area contributed by atoms with Gasteiger partial charge < -0.3 is 19.8 Å². The molecule has 3 unspecified atom stereocenters. The summed E-state index contributed by atoms with van der Waals surface area (Å²) in [5.74, 6) is -1.35. The van der Waals surface area contributed by atoms with Gasteiger partial charge in [-0.2, -0.15) is 0 Å². The fourth-order valence-electron chi connectivity index (χ4n) is 6.84. The summed E-state index contributed by atoms with van der Waals surface area (Å²) in [6, 6.07) is 5.27. The van der Waals surface area contributed by atoms with Crippen LogP contribution in [0.15, 0.2) is 43.5 Å². The summed E-state index contributed by atoms with van der Waals surface area (Å²) in [6.45, 7) is 12.9. The van der Waals surface area contributed by atoms with E-state index in [1.807, 2.05) is 32.0 Å². The number of hydrogen-bond donors (Lipinski definition) is 1. The van der Waals surface area contributed by atoms with Crippen molar-refractivity contribution in [1.82, 2.24) is 9.80 Å². The van der Waals surface area contributed by atoms with E-state index in [9.17, 15) is 19.5 Å². The van der Waals surface area contributed by atoms with E-state index in [4.69, 9.17) is 0 Å². The number of fused-ring (bicyclic) bond motifs is 1. The highest BCUT2D eigenvalue weighted by atomic mass is 79.9. The minimum Gasteiger partial charge on any atom is -0.396 e. The van der Waals surface area contributed by atoms with Crippen LogP contribution in [-0.2, 0) is 14.4 Å². The third-order valence-electron chi connectivity index (χ3n) is 8.43. The number of nitrogens with zero attached hydrogens (tertiary/aromatic N) is 3. The van der Waals surface area contributed by atoms with Crippen molar-refractivity contribution in [3.63, 3.8) is 0 Å². The molecule has 3 heterocycles. The van der Waals surface area contributed by atoms with Gasteiger partial charge in [-0.1, -0.05) is 46.3 Å². The monoisotopic (exact) mass is 617 g/mol. The van der Waals surface area contributed by atoms with Crippen LogP contribution < -0.4 is 4.90 Å². The van der Waals surface area contributed by atoms with E-state index in [2.05, 4.69) is 29.1 Å². The molecule has 9 heteroatoms. The first kappa shape index (κ1) is 29.9. The molecule has 1 N–H and O–H groups in total. The molecular formula is C30H40BrN3O4S. The number of amides is 3. The summed E-state index contributed by atoms with van der Waals surface area (Å²) < 4.78 is -0.699. The summed E-state index contributed by atoms with van der Waals surface area (Å²) in [7, 11) is 1.75. The Bertz CT molecular complexity index is 1120. The van der Waals surface area contributed by atoms with Crippen molar-refractivity contribution in [2.24, 2.45) is 11.8 Å². The number of anilines is 1. The highest BCUT2D eigenvalue weighted by Gasteiger charge is 2.76. The van der Waals surface area contributed by atoms with Crippen LogP contribution in [0.5, 0.6) is 0 Å². The number of rotatable bonds is 12. The molecule has 1 aromatic rings. The second kappa shape index (κ2) is 12.2. The smallest absolute Gasteiger partial charge is 0.251 e. The van der Waals surface area contributed by atoms with Crippen LogP contribution in [-0.4, -0.2) is 86.8 Å². The molecule has 1 aromatic carbocycles. The summed E-state index contributed by atoms with van der Waals surface area (Å²) >= 11 is 5.50. The predicted octanol–water partition coefficient (Wildman–Crippen LogP) is 4.09. The van der Waals surface area contributed by atoms with Gasteiger partial charge in [0.15, 0.2) is 0 Å². The molecule has 212 valence electrons. The van der Waals surface area contributed by atoms with Gasteiger partial charge in [-0.05, 0) is 50.7 Å². The van der Waals surface area contributed by atoms with Crippen molar-refractivity contribution < 1.29 is 19.5 Å². The predicted molar refractivity (Wildman–Crippen MR) is 161 cm³/mol. The standard InChI is InChI=1S/C30H40BrN3O4S/c1-6-14-32(5)27(36)22-23-28(37)34(16-9-8-10-17-35)26(30(23)18-21(31)25(22)39-30)29(38)33(15-7-2)24-19(3)12-11-13-20(24)4/h6-7,11-13,21-23,25-26,35H,1-2,8-10,14-18H2,3-5H3/t21?,22-,23-,25-,26?,30?/m0/s1. The van der Waals surface area contributed by atoms with E-state index >= 15 is 0 Å². The van der Waals surface area contributed by atoms with Gasteiger partial charge in [0.05, 0.1) is 16.6 Å². The average molecular weight is 619 g/mol. The fourth-order valence-corrected chi connectivity index (χ4v) is 10.4. The van der Waals surface area contributed by atoms with E-state index in [1.54, 1.807) is 45.7 Å². The quantitative estimate of drug-likeness (QED) is 0.217. The highest BCUT2D eigenvalue weighted by Crippen LogP contribution is 2.68. The Hall–Kier alpha value is -2.10. The van der Waals surface area contributed by atoms with Crippen molar-refractivity contribution in [3.8, 4) is 0 Å². The first-order valence-electron chi connectivity index (χ1n) is 13.7. The number of hydrogen-bond acceptors (Lipinski definition) is 5. The SMILES string of the molecule is C=CCN(C)C(=O)[C@H]1[C@H]2C(=O)N(CCCCCO)C(C(=O)N(CC=C)c3c(C)cccc3C)C23CC(Br)[C@@H]1S3. The van der Waals surface area contributed by atoms with Crippen LogP contribution in [0.25, 0.3) is 0 Å². The molecule has 0 aromatic heterocycles. The average Bonchev–Trinajstić information content (AvgIpc) is 3.48. The molecule has 0 saturated carbocycles. The first-order valence-corrected chi connectivity index (χ1v) is 15.5. The molecule has 3 aliphatic rings. The highest BCUT2D eigenvalue weighted by molar-refractivity contribution is 9.09. The van der Waals surface area contributed by atoms with E-state index in [0.29, 0.717) is 38.9 Å². The number of carbonyl (C=O) groups is 3. The van der Waals surface area contributed by atoms with Gasteiger partial charge in [0.1, 0.15) is 6.04 Å². The van der Waals surface area contributed by atoms with Crippen molar-refractivity contribution in [3.05, 3.63) is 54.6 Å². The van der Waals surface area contributed by atoms with Gasteiger partial charge in [-0.3, -0.25) is 14.4 Å². The molecular weight excluding hydrogens is 578 g/mol. The second-order valence-electron chi connectivity index (χ2n) is 11.0. The lowest BCUT2D eigenvalue weighted by Gasteiger charge is -2.38. The number of alkyl halides is 1. The number of halogens is 1. The summed E-state index contributed by atoms with van der Waals surface area (Å²) in [5.41, 5.74) is 2.82. The minimum absolute atomic E-state index is 0.0234. The van der Waals surface area contributed by atoms with Crippen LogP contribution in [0.4, 0.5) is 5.69 Å². The van der Waals surface area contributed by atoms with Crippen LogP contribution in [0.1, 0.15) is 36.8 Å². The van der Waals surface area contributed by atoms with E-state index in [-0.39, 0.29) is 34.4 Å². The number of aryl methyl sites for hydroxylation is 2. The lowest BCUT2D eigenvalue weighted by Crippen LogP contribution is -2.56. The van der Waals surface area contributed by atoms with Gasteiger partial charge in [0, 0.05) is 49.1 Å². The van der Waals surface area contributed by atoms with Crippen molar-refractivity contribution in [2.45, 2.75) is 60.4 Å². The molecule has 4 rings (SSSR count). The van der Waals surface area contributed by atoms with Gasteiger partial charge in [0.2, 0.25) is 11.8 Å². The normalized spacial score (nSPS) is 28.9. The molecule has 0 aliphatic carbocycles. The molecule has 7 nitrogen and oxygen atoms in total. The molecule has 3 aliphatic heterocycles. The summed E-state index contributed by atoms with van der Waals surface area (Å²) in [6.07, 6.45) is 6.15. The zero-order valence-corrected chi connectivity index (χ0v) is 25.5. The molecule has 1 spiro atoms. The van der Waals surface area contributed by atoms with Gasteiger partial charge in [-0.15, -0.1) is 24.9 Å². The Labute approximate surface area is 244 Å². The Morgan fingerprint density at radius 1 is 1.15 bits per heavy atom. The number of thioether (sulfide) groups is 1.